The molecule has 1 amide bonds. The monoisotopic (exact) mass is 469 g/mol. The zero-order chi connectivity index (χ0) is 24.6. The average Bonchev–Trinajstić information content (AvgIpc) is 3.21. The van der Waals surface area contributed by atoms with Crippen molar-refractivity contribution in [1.29, 1.82) is 0 Å². The molecule has 0 aliphatic heterocycles. The lowest BCUT2D eigenvalue weighted by Gasteiger charge is -2.15. The number of aromatic nitrogens is 2. The van der Waals surface area contributed by atoms with Crippen molar-refractivity contribution in [2.24, 2.45) is 0 Å². The molecule has 3 aromatic carbocycles. The second-order valence-corrected chi connectivity index (χ2v) is 9.29. The van der Waals surface area contributed by atoms with Crippen molar-refractivity contribution in [3.63, 3.8) is 0 Å². The Morgan fingerprint density at radius 3 is 2.57 bits per heavy atom. The number of ether oxygens (including phenoxy) is 1. The Hall–Kier alpha value is -3.60. The van der Waals surface area contributed by atoms with Crippen LogP contribution in [0.1, 0.15) is 59.9 Å². The Kier molecular flexibility index (Phi) is 8.19. The van der Waals surface area contributed by atoms with Gasteiger partial charge in [0.15, 0.2) is 0 Å². The largest absolute Gasteiger partial charge is 0.493 e. The number of carbonyl (C=O) groups is 1. The van der Waals surface area contributed by atoms with Gasteiger partial charge in [-0.3, -0.25) is 4.79 Å². The van der Waals surface area contributed by atoms with E-state index in [9.17, 15) is 4.79 Å². The smallest absolute Gasteiger partial charge is 0.251 e. The van der Waals surface area contributed by atoms with Crippen LogP contribution in [0.15, 0.2) is 72.8 Å². The maximum Gasteiger partial charge on any atom is 0.251 e. The number of hydrogen-bond donors (Lipinski definition) is 1. The number of rotatable bonds is 11. The molecule has 0 saturated carbocycles. The van der Waals surface area contributed by atoms with Gasteiger partial charge >= 0.3 is 0 Å². The molecule has 5 heteroatoms. The Morgan fingerprint density at radius 1 is 1.00 bits per heavy atom. The molecular formula is C30H35N3O2. The Labute approximate surface area is 208 Å². The van der Waals surface area contributed by atoms with Gasteiger partial charge in [-0.2, -0.15) is 0 Å². The van der Waals surface area contributed by atoms with Crippen molar-refractivity contribution in [3.05, 3.63) is 95.3 Å². The van der Waals surface area contributed by atoms with Crippen molar-refractivity contribution in [1.82, 2.24) is 14.9 Å². The summed E-state index contributed by atoms with van der Waals surface area (Å²) in [6, 6.07) is 24.0. The van der Waals surface area contributed by atoms with Gasteiger partial charge in [-0.15, -0.1) is 0 Å². The number of aryl methyl sites for hydroxylation is 2. The van der Waals surface area contributed by atoms with Crippen molar-refractivity contribution >= 4 is 16.9 Å². The molecule has 1 N–H and O–H groups in total. The average molecular weight is 470 g/mol. The van der Waals surface area contributed by atoms with E-state index in [-0.39, 0.29) is 5.91 Å². The minimum atomic E-state index is -0.0534. The zero-order valence-corrected chi connectivity index (χ0v) is 21.0. The third kappa shape index (κ3) is 6.30. The van der Waals surface area contributed by atoms with Crippen LogP contribution in [0.2, 0.25) is 0 Å². The molecule has 0 radical (unpaired) electrons. The Morgan fingerprint density at radius 2 is 1.77 bits per heavy atom. The highest BCUT2D eigenvalue weighted by atomic mass is 16.5. The highest BCUT2D eigenvalue weighted by molar-refractivity contribution is 5.94. The predicted molar refractivity (Wildman–Crippen MR) is 142 cm³/mol. The number of nitrogens with zero attached hydrogens (tertiary/aromatic N) is 2. The number of para-hydroxylation sites is 2. The summed E-state index contributed by atoms with van der Waals surface area (Å²) >= 11 is 0. The molecule has 4 aromatic rings. The molecule has 0 aliphatic carbocycles. The molecule has 35 heavy (non-hydrogen) atoms. The van der Waals surface area contributed by atoms with Gasteiger partial charge in [0.2, 0.25) is 0 Å². The number of imidazole rings is 1. The minimum absolute atomic E-state index is 0.0534. The highest BCUT2D eigenvalue weighted by Crippen LogP contribution is 2.27. The minimum Gasteiger partial charge on any atom is -0.493 e. The topological polar surface area (TPSA) is 56.1 Å². The van der Waals surface area contributed by atoms with Crippen molar-refractivity contribution in [2.75, 3.05) is 13.2 Å². The summed E-state index contributed by atoms with van der Waals surface area (Å²) in [5.74, 6) is 2.39. The van der Waals surface area contributed by atoms with Crippen molar-refractivity contribution < 1.29 is 9.53 Å². The first-order valence-electron chi connectivity index (χ1n) is 12.5. The number of unbranched alkanes of at least 4 members (excludes halogenated alkanes) is 1. The molecule has 4 rings (SSSR count). The normalized spacial score (nSPS) is 11.2. The first-order chi connectivity index (χ1) is 17.0. The summed E-state index contributed by atoms with van der Waals surface area (Å²) in [5, 5.41) is 3.02. The number of amides is 1. The number of benzene rings is 3. The highest BCUT2D eigenvalue weighted by Gasteiger charge is 2.12. The molecule has 5 nitrogen and oxygen atoms in total. The van der Waals surface area contributed by atoms with E-state index in [1.807, 2.05) is 42.5 Å². The summed E-state index contributed by atoms with van der Waals surface area (Å²) in [6.07, 6.45) is 2.64. The van der Waals surface area contributed by atoms with Crippen LogP contribution in [0.3, 0.4) is 0 Å². The summed E-state index contributed by atoms with van der Waals surface area (Å²) in [4.78, 5) is 17.2. The van der Waals surface area contributed by atoms with Crippen molar-refractivity contribution in [3.8, 4) is 5.75 Å². The predicted octanol–water partition coefficient (Wildman–Crippen LogP) is 6.30. The van der Waals surface area contributed by atoms with E-state index in [4.69, 9.17) is 9.72 Å². The second-order valence-electron chi connectivity index (χ2n) is 9.29. The quantitative estimate of drug-likeness (QED) is 0.262. The molecule has 1 aromatic heterocycles. The van der Waals surface area contributed by atoms with E-state index in [1.54, 1.807) is 0 Å². The van der Waals surface area contributed by atoms with Gasteiger partial charge in [-0.25, -0.2) is 4.98 Å². The van der Waals surface area contributed by atoms with Crippen LogP contribution in [-0.4, -0.2) is 28.6 Å². The van der Waals surface area contributed by atoms with Gasteiger partial charge in [-0.05, 0) is 67.1 Å². The zero-order valence-electron chi connectivity index (χ0n) is 21.0. The second kappa shape index (κ2) is 11.7. The van der Waals surface area contributed by atoms with Gasteiger partial charge in [0.25, 0.3) is 5.91 Å². The molecular weight excluding hydrogens is 434 g/mol. The Balaban J connectivity index is 1.34. The van der Waals surface area contributed by atoms with E-state index in [0.717, 1.165) is 42.0 Å². The van der Waals surface area contributed by atoms with Gasteiger partial charge in [0.1, 0.15) is 11.6 Å². The van der Waals surface area contributed by atoms with Crippen molar-refractivity contribution in [2.45, 2.75) is 52.5 Å². The van der Waals surface area contributed by atoms with Gasteiger partial charge in [-0.1, -0.05) is 56.3 Å². The van der Waals surface area contributed by atoms with Crippen LogP contribution in [0.5, 0.6) is 5.75 Å². The number of hydrogen-bond acceptors (Lipinski definition) is 3. The van der Waals surface area contributed by atoms with Crippen LogP contribution in [0.25, 0.3) is 11.0 Å². The Bertz CT molecular complexity index is 1260. The van der Waals surface area contributed by atoms with Crippen LogP contribution >= 0.6 is 0 Å². The van der Waals surface area contributed by atoms with Gasteiger partial charge in [0, 0.05) is 25.1 Å². The molecule has 0 aliphatic rings. The molecule has 0 atom stereocenters. The lowest BCUT2D eigenvalue weighted by atomic mass is 10.0. The molecule has 0 saturated heterocycles. The van der Waals surface area contributed by atoms with Crippen LogP contribution < -0.4 is 10.1 Å². The fourth-order valence-electron chi connectivity index (χ4n) is 4.34. The SMILES string of the molecule is Cc1ccc(C(C)C)c(OCCCCn2c(CCNC(=O)c3ccccc3)nc3ccccc32)c1. The van der Waals surface area contributed by atoms with Gasteiger partial charge < -0.3 is 14.6 Å². The summed E-state index contributed by atoms with van der Waals surface area (Å²) < 4.78 is 8.47. The molecule has 0 unspecified atom stereocenters. The van der Waals surface area contributed by atoms with Gasteiger partial charge in [0.05, 0.1) is 17.6 Å². The van der Waals surface area contributed by atoms with E-state index in [2.05, 4.69) is 61.0 Å². The third-order valence-electron chi connectivity index (χ3n) is 6.23. The lowest BCUT2D eigenvalue weighted by Crippen LogP contribution is -2.26. The number of carbonyl (C=O) groups excluding carboxylic acids is 1. The van der Waals surface area contributed by atoms with E-state index >= 15 is 0 Å². The third-order valence-corrected chi connectivity index (χ3v) is 6.23. The molecule has 1 heterocycles. The fourth-order valence-corrected chi connectivity index (χ4v) is 4.34. The standard InChI is InChI=1S/C30H35N3O2/c1-22(2)25-16-15-23(3)21-28(25)35-20-10-9-19-33-27-14-8-7-13-26(27)32-29(33)17-18-31-30(34)24-11-5-4-6-12-24/h4-8,11-16,21-22H,9-10,17-20H2,1-3H3,(H,31,34). The first-order valence-corrected chi connectivity index (χ1v) is 12.5. The maximum absolute atomic E-state index is 12.4. The van der Waals surface area contributed by atoms with E-state index in [0.29, 0.717) is 31.1 Å². The van der Waals surface area contributed by atoms with Crippen LogP contribution in [0, 0.1) is 6.92 Å². The van der Waals surface area contributed by atoms with Crippen LogP contribution in [-0.2, 0) is 13.0 Å². The number of nitrogens with one attached hydrogen (secondary N) is 1. The molecule has 0 bridgehead atoms. The fraction of sp³-hybridized carbons (Fsp3) is 0.333. The molecule has 182 valence electrons. The summed E-state index contributed by atoms with van der Waals surface area (Å²) in [5.41, 5.74) is 5.29. The van der Waals surface area contributed by atoms with E-state index in [1.165, 1.54) is 11.1 Å². The summed E-state index contributed by atoms with van der Waals surface area (Å²) in [6.45, 7) is 8.61. The van der Waals surface area contributed by atoms with E-state index < -0.39 is 0 Å². The molecule has 0 spiro atoms. The number of fused-ring (bicyclic) bond motifs is 1. The maximum atomic E-state index is 12.4. The summed E-state index contributed by atoms with van der Waals surface area (Å²) in [7, 11) is 0. The molecule has 0 fully saturated rings. The lowest BCUT2D eigenvalue weighted by molar-refractivity contribution is 0.0954. The first kappa shape index (κ1) is 24.5. The van der Waals surface area contributed by atoms with Crippen LogP contribution in [0.4, 0.5) is 0 Å².